The molecule has 1 atom stereocenters. The van der Waals surface area contributed by atoms with Crippen LogP contribution >= 0.6 is 0 Å². The van der Waals surface area contributed by atoms with Crippen LogP contribution < -0.4 is 10.2 Å². The van der Waals surface area contributed by atoms with Gasteiger partial charge in [-0.05, 0) is 43.1 Å². The number of halogens is 2. The van der Waals surface area contributed by atoms with Crippen LogP contribution in [0.4, 0.5) is 14.5 Å². The highest BCUT2D eigenvalue weighted by Crippen LogP contribution is 2.28. The van der Waals surface area contributed by atoms with Gasteiger partial charge in [-0.3, -0.25) is 9.69 Å². The van der Waals surface area contributed by atoms with Gasteiger partial charge in [0.2, 0.25) is 5.91 Å². The van der Waals surface area contributed by atoms with Crippen LogP contribution in [0.2, 0.25) is 0 Å². The summed E-state index contributed by atoms with van der Waals surface area (Å²) in [5.74, 6) is -2.04. The van der Waals surface area contributed by atoms with Crippen LogP contribution in [-0.4, -0.2) is 25.0 Å². The summed E-state index contributed by atoms with van der Waals surface area (Å²) in [4.78, 5) is 14.2. The first-order valence-corrected chi connectivity index (χ1v) is 8.58. The van der Waals surface area contributed by atoms with Crippen LogP contribution in [0.15, 0.2) is 42.5 Å². The molecule has 134 valence electrons. The maximum absolute atomic E-state index is 14.1. The van der Waals surface area contributed by atoms with E-state index in [0.717, 1.165) is 31.9 Å². The van der Waals surface area contributed by atoms with E-state index < -0.39 is 11.6 Å². The molecule has 6 heteroatoms. The number of rotatable bonds is 4. The number of amides is 1. The van der Waals surface area contributed by atoms with Crippen molar-refractivity contribution in [2.45, 2.75) is 25.3 Å². The number of carbonyl (C=O) groups excluding carboxylic acids is 1. The summed E-state index contributed by atoms with van der Waals surface area (Å²) in [6, 6.07) is 12.3. The van der Waals surface area contributed by atoms with Crippen molar-refractivity contribution in [1.82, 2.24) is 5.32 Å². The van der Waals surface area contributed by atoms with Crippen LogP contribution in [0.25, 0.3) is 11.1 Å². The van der Waals surface area contributed by atoms with E-state index in [-0.39, 0.29) is 24.1 Å². The molecule has 0 aliphatic carbocycles. The molecule has 0 saturated carbocycles. The molecule has 0 radical (unpaired) electrons. The number of hydrogen-bond donors (Lipinski definition) is 1. The number of anilines is 1. The molecule has 1 aliphatic heterocycles. The smallest absolute Gasteiger partial charge is 0.245 e. The SMILES string of the molecule is N#CCN(C(=O)[C@H]1CCCCN1)c1cccc(-c2cccc(F)c2F)c1. The first-order chi connectivity index (χ1) is 12.6. The zero-order chi connectivity index (χ0) is 18.5. The summed E-state index contributed by atoms with van der Waals surface area (Å²) in [6.45, 7) is 0.664. The van der Waals surface area contributed by atoms with Gasteiger partial charge >= 0.3 is 0 Å². The van der Waals surface area contributed by atoms with E-state index in [4.69, 9.17) is 5.26 Å². The van der Waals surface area contributed by atoms with E-state index in [1.807, 2.05) is 6.07 Å². The standard InChI is InChI=1S/C20H19F2N3O/c21-17-8-4-7-16(19(17)22)14-5-3-6-15(13-14)25(12-10-23)20(26)18-9-1-2-11-24-18/h3-8,13,18,24H,1-2,9,11-12H2/t18-/m1/s1. The first kappa shape index (κ1) is 18.0. The van der Waals surface area contributed by atoms with Crippen LogP contribution in [0.1, 0.15) is 19.3 Å². The number of nitrogens with zero attached hydrogens (tertiary/aromatic N) is 2. The molecule has 0 bridgehead atoms. The third-order valence-corrected chi connectivity index (χ3v) is 4.52. The van der Waals surface area contributed by atoms with Crippen LogP contribution in [-0.2, 0) is 4.79 Å². The second-order valence-corrected chi connectivity index (χ2v) is 6.24. The number of nitriles is 1. The average Bonchev–Trinajstić information content (AvgIpc) is 2.68. The second kappa shape index (κ2) is 8.07. The topological polar surface area (TPSA) is 56.1 Å². The van der Waals surface area contributed by atoms with Crippen LogP contribution in [0.3, 0.4) is 0 Å². The molecule has 0 aromatic heterocycles. The minimum absolute atomic E-state index is 0.105. The molecule has 1 amide bonds. The van der Waals surface area contributed by atoms with Gasteiger partial charge in [0.25, 0.3) is 0 Å². The van der Waals surface area contributed by atoms with Crippen molar-refractivity contribution in [1.29, 1.82) is 5.26 Å². The molecule has 26 heavy (non-hydrogen) atoms. The number of piperidine rings is 1. The van der Waals surface area contributed by atoms with Gasteiger partial charge in [0, 0.05) is 11.3 Å². The Bertz CT molecular complexity index is 841. The Labute approximate surface area is 151 Å². The van der Waals surface area contributed by atoms with Gasteiger partial charge in [0.15, 0.2) is 11.6 Å². The minimum Gasteiger partial charge on any atom is -0.306 e. The molecule has 1 aliphatic rings. The summed E-state index contributed by atoms with van der Waals surface area (Å²) in [7, 11) is 0. The quantitative estimate of drug-likeness (QED) is 0.852. The Kier molecular flexibility index (Phi) is 5.59. The monoisotopic (exact) mass is 355 g/mol. The molecule has 1 N–H and O–H groups in total. The zero-order valence-corrected chi connectivity index (χ0v) is 14.2. The number of nitrogens with one attached hydrogen (secondary N) is 1. The van der Waals surface area contributed by atoms with E-state index >= 15 is 0 Å². The molecule has 4 nitrogen and oxygen atoms in total. The molecule has 1 saturated heterocycles. The Balaban J connectivity index is 1.94. The highest BCUT2D eigenvalue weighted by atomic mass is 19.2. The molecule has 2 aromatic rings. The highest BCUT2D eigenvalue weighted by Gasteiger charge is 2.26. The Morgan fingerprint density at radius 3 is 2.77 bits per heavy atom. The normalized spacial score (nSPS) is 16.7. The maximum atomic E-state index is 14.1. The van der Waals surface area contributed by atoms with Gasteiger partial charge in [-0.1, -0.05) is 30.7 Å². The lowest BCUT2D eigenvalue weighted by Crippen LogP contribution is -2.49. The van der Waals surface area contributed by atoms with E-state index in [1.54, 1.807) is 24.3 Å². The number of carbonyl (C=O) groups is 1. The van der Waals surface area contributed by atoms with Gasteiger partial charge in [-0.15, -0.1) is 0 Å². The van der Waals surface area contributed by atoms with Crippen molar-refractivity contribution in [2.24, 2.45) is 0 Å². The van der Waals surface area contributed by atoms with E-state index in [1.165, 1.54) is 17.0 Å². The zero-order valence-electron chi connectivity index (χ0n) is 14.2. The van der Waals surface area contributed by atoms with Crippen LogP contribution in [0.5, 0.6) is 0 Å². The Hall–Kier alpha value is -2.78. The summed E-state index contributed by atoms with van der Waals surface area (Å²) in [5, 5.41) is 12.3. The highest BCUT2D eigenvalue weighted by molar-refractivity contribution is 5.98. The molecule has 1 fully saturated rings. The maximum Gasteiger partial charge on any atom is 0.245 e. The lowest BCUT2D eigenvalue weighted by molar-refractivity contribution is -0.121. The number of hydrogen-bond acceptors (Lipinski definition) is 3. The Morgan fingerprint density at radius 1 is 1.23 bits per heavy atom. The molecule has 2 aromatic carbocycles. The molecular formula is C20H19F2N3O. The van der Waals surface area contributed by atoms with E-state index in [2.05, 4.69) is 5.32 Å². The van der Waals surface area contributed by atoms with E-state index in [0.29, 0.717) is 11.3 Å². The second-order valence-electron chi connectivity index (χ2n) is 6.24. The van der Waals surface area contributed by atoms with Crippen LogP contribution in [0, 0.1) is 23.0 Å². The summed E-state index contributed by atoms with van der Waals surface area (Å²) < 4.78 is 27.6. The third kappa shape index (κ3) is 3.73. The number of benzene rings is 2. The summed E-state index contributed by atoms with van der Waals surface area (Å²) in [6.07, 6.45) is 2.70. The van der Waals surface area contributed by atoms with Crippen molar-refractivity contribution in [3.8, 4) is 17.2 Å². The Morgan fingerprint density at radius 2 is 2.04 bits per heavy atom. The molecule has 0 spiro atoms. The largest absolute Gasteiger partial charge is 0.306 e. The van der Waals surface area contributed by atoms with Gasteiger partial charge in [0.05, 0.1) is 12.1 Å². The lowest BCUT2D eigenvalue weighted by atomic mass is 10.0. The van der Waals surface area contributed by atoms with Crippen molar-refractivity contribution in [3.63, 3.8) is 0 Å². The molecular weight excluding hydrogens is 336 g/mol. The fraction of sp³-hybridized carbons (Fsp3) is 0.300. The van der Waals surface area contributed by atoms with Crippen molar-refractivity contribution >= 4 is 11.6 Å². The van der Waals surface area contributed by atoms with Crippen molar-refractivity contribution < 1.29 is 13.6 Å². The fourth-order valence-corrected chi connectivity index (χ4v) is 3.19. The van der Waals surface area contributed by atoms with Crippen molar-refractivity contribution in [3.05, 3.63) is 54.1 Å². The molecule has 0 unspecified atom stereocenters. The summed E-state index contributed by atoms with van der Waals surface area (Å²) >= 11 is 0. The average molecular weight is 355 g/mol. The first-order valence-electron chi connectivity index (χ1n) is 8.58. The molecule has 3 rings (SSSR count). The summed E-state index contributed by atoms with van der Waals surface area (Å²) in [5.41, 5.74) is 1.06. The van der Waals surface area contributed by atoms with Gasteiger partial charge in [-0.25, -0.2) is 8.78 Å². The fourth-order valence-electron chi connectivity index (χ4n) is 3.19. The lowest BCUT2D eigenvalue weighted by Gasteiger charge is -2.29. The predicted molar refractivity (Wildman–Crippen MR) is 95.4 cm³/mol. The van der Waals surface area contributed by atoms with Gasteiger partial charge in [-0.2, -0.15) is 5.26 Å². The predicted octanol–water partition coefficient (Wildman–Crippen LogP) is 3.63. The molecule has 1 heterocycles. The van der Waals surface area contributed by atoms with Gasteiger partial charge < -0.3 is 5.32 Å². The third-order valence-electron chi connectivity index (χ3n) is 4.52. The van der Waals surface area contributed by atoms with E-state index in [9.17, 15) is 13.6 Å². The van der Waals surface area contributed by atoms with Crippen molar-refractivity contribution in [2.75, 3.05) is 18.0 Å². The van der Waals surface area contributed by atoms with Gasteiger partial charge in [0.1, 0.15) is 6.54 Å². The minimum atomic E-state index is -0.934.